The fourth-order valence-corrected chi connectivity index (χ4v) is 5.21. The Bertz CT molecular complexity index is 408. The van der Waals surface area contributed by atoms with E-state index in [2.05, 4.69) is 18.7 Å². The summed E-state index contributed by atoms with van der Waals surface area (Å²) in [5, 5.41) is 0. The lowest BCUT2D eigenvalue weighted by molar-refractivity contribution is 0.202. The summed E-state index contributed by atoms with van der Waals surface area (Å²) >= 11 is 0. The highest BCUT2D eigenvalue weighted by Crippen LogP contribution is 2.24. The Morgan fingerprint density at radius 1 is 1.05 bits per heavy atom. The summed E-state index contributed by atoms with van der Waals surface area (Å²) in [5.74, 6) is 1.64. The van der Waals surface area contributed by atoms with Gasteiger partial charge in [0.2, 0.25) is 10.0 Å². The van der Waals surface area contributed by atoms with Crippen LogP contribution >= 0.6 is 0 Å². The van der Waals surface area contributed by atoms with Crippen LogP contribution in [0.3, 0.4) is 0 Å². The highest BCUT2D eigenvalue weighted by Gasteiger charge is 2.27. The van der Waals surface area contributed by atoms with E-state index in [0.29, 0.717) is 11.7 Å². The monoisotopic (exact) mass is 329 g/mol. The molecule has 2 saturated heterocycles. The normalized spacial score (nSPS) is 23.9. The maximum atomic E-state index is 12.4. The third kappa shape index (κ3) is 5.50. The predicted molar refractivity (Wildman–Crippen MR) is 92.1 cm³/mol. The van der Waals surface area contributed by atoms with E-state index in [1.54, 1.807) is 4.31 Å². The van der Waals surface area contributed by atoms with Crippen molar-refractivity contribution < 1.29 is 8.42 Å². The van der Waals surface area contributed by atoms with Crippen LogP contribution in [0.4, 0.5) is 0 Å². The topological polar surface area (TPSA) is 40.6 Å². The second kappa shape index (κ2) is 8.65. The van der Waals surface area contributed by atoms with Gasteiger partial charge in [0.15, 0.2) is 0 Å². The number of hydrogen-bond acceptors (Lipinski definition) is 3. The molecule has 5 heteroatoms. The molecule has 0 atom stereocenters. The van der Waals surface area contributed by atoms with Crippen molar-refractivity contribution in [1.82, 2.24) is 9.21 Å². The van der Waals surface area contributed by atoms with Gasteiger partial charge in [-0.1, -0.05) is 26.7 Å². The van der Waals surface area contributed by atoms with E-state index < -0.39 is 10.0 Å². The summed E-state index contributed by atoms with van der Waals surface area (Å²) < 4.78 is 26.6. The average Bonchev–Trinajstić information content (AvgIpc) is 2.50. The number of nitrogens with zero attached hydrogens (tertiary/aromatic N) is 2. The van der Waals surface area contributed by atoms with Gasteiger partial charge < -0.3 is 4.90 Å². The molecular formula is C17H33N2O2S. The molecule has 4 nitrogen and oxygen atoms in total. The van der Waals surface area contributed by atoms with E-state index in [9.17, 15) is 8.42 Å². The van der Waals surface area contributed by atoms with Crippen molar-refractivity contribution in [2.24, 2.45) is 11.8 Å². The predicted octanol–water partition coefficient (Wildman–Crippen LogP) is 2.76. The standard InChI is InChI=1S/C17H33N2O2S/c1-3-5-17-8-13-19(14-9-17)22(20,21)15-4-10-18-11-6-16(2)7-12-18/h16-17H,2-15H2,1H3. The summed E-state index contributed by atoms with van der Waals surface area (Å²) in [5.41, 5.74) is 0. The van der Waals surface area contributed by atoms with Gasteiger partial charge >= 0.3 is 0 Å². The molecule has 0 aromatic carbocycles. The maximum absolute atomic E-state index is 12.4. The molecule has 2 rings (SSSR count). The van der Waals surface area contributed by atoms with Crippen LogP contribution in [0.1, 0.15) is 51.9 Å². The van der Waals surface area contributed by atoms with E-state index in [4.69, 9.17) is 0 Å². The second-order valence-electron chi connectivity index (χ2n) is 7.09. The number of rotatable bonds is 7. The Labute approximate surface area is 137 Å². The van der Waals surface area contributed by atoms with Crippen LogP contribution < -0.4 is 0 Å². The number of likely N-dealkylation sites (tertiary alicyclic amines) is 1. The zero-order chi connectivity index (χ0) is 16.0. The van der Waals surface area contributed by atoms with Gasteiger partial charge in [0, 0.05) is 13.1 Å². The van der Waals surface area contributed by atoms with Crippen LogP contribution in [0.15, 0.2) is 0 Å². The van der Waals surface area contributed by atoms with Gasteiger partial charge in [-0.15, -0.1) is 0 Å². The molecule has 0 amide bonds. The molecule has 129 valence electrons. The number of hydrogen-bond donors (Lipinski definition) is 0. The first kappa shape index (κ1) is 18.2. The lowest BCUT2D eigenvalue weighted by Gasteiger charge is -2.32. The lowest BCUT2D eigenvalue weighted by Crippen LogP contribution is -2.40. The van der Waals surface area contributed by atoms with Crippen molar-refractivity contribution in [2.75, 3.05) is 38.5 Å². The van der Waals surface area contributed by atoms with Crippen molar-refractivity contribution in [1.29, 1.82) is 0 Å². The van der Waals surface area contributed by atoms with Crippen LogP contribution in [-0.4, -0.2) is 56.1 Å². The summed E-state index contributed by atoms with van der Waals surface area (Å²) in [4.78, 5) is 2.39. The fourth-order valence-electron chi connectivity index (χ4n) is 3.69. The molecule has 22 heavy (non-hydrogen) atoms. The van der Waals surface area contributed by atoms with Gasteiger partial charge in [-0.05, 0) is 63.6 Å². The molecule has 0 aromatic heterocycles. The van der Waals surface area contributed by atoms with Gasteiger partial charge in [-0.2, -0.15) is 0 Å². The molecule has 0 aliphatic carbocycles. The highest BCUT2D eigenvalue weighted by molar-refractivity contribution is 7.89. The molecule has 0 saturated carbocycles. The Balaban J connectivity index is 1.68. The summed E-state index contributed by atoms with van der Waals surface area (Å²) in [6, 6.07) is 0. The lowest BCUT2D eigenvalue weighted by atomic mass is 9.94. The first-order valence-electron chi connectivity index (χ1n) is 9.04. The van der Waals surface area contributed by atoms with Crippen LogP contribution in [0.5, 0.6) is 0 Å². The van der Waals surface area contributed by atoms with Crippen molar-refractivity contribution in [3.05, 3.63) is 6.92 Å². The first-order chi connectivity index (χ1) is 10.5. The van der Waals surface area contributed by atoms with Crippen LogP contribution in [0.2, 0.25) is 0 Å². The van der Waals surface area contributed by atoms with Gasteiger partial charge in [0.05, 0.1) is 5.75 Å². The summed E-state index contributed by atoms with van der Waals surface area (Å²) in [6.45, 7) is 10.9. The summed E-state index contributed by atoms with van der Waals surface area (Å²) in [6.07, 6.45) is 7.61. The minimum Gasteiger partial charge on any atom is -0.303 e. The smallest absolute Gasteiger partial charge is 0.214 e. The van der Waals surface area contributed by atoms with Crippen LogP contribution in [-0.2, 0) is 10.0 Å². The Hall–Kier alpha value is -0.130. The van der Waals surface area contributed by atoms with E-state index in [1.165, 1.54) is 12.8 Å². The van der Waals surface area contributed by atoms with E-state index in [0.717, 1.165) is 70.7 Å². The Kier molecular flexibility index (Phi) is 7.16. The second-order valence-corrected chi connectivity index (χ2v) is 9.17. The maximum Gasteiger partial charge on any atom is 0.214 e. The zero-order valence-electron chi connectivity index (χ0n) is 14.2. The fraction of sp³-hybridized carbons (Fsp3) is 0.941. The molecular weight excluding hydrogens is 296 g/mol. The number of sulfonamides is 1. The number of piperidine rings is 2. The third-order valence-electron chi connectivity index (χ3n) is 5.25. The van der Waals surface area contributed by atoms with Gasteiger partial charge in [-0.3, -0.25) is 0 Å². The van der Waals surface area contributed by atoms with Crippen LogP contribution in [0.25, 0.3) is 0 Å². The quantitative estimate of drug-likeness (QED) is 0.721. The molecule has 0 aromatic rings. The minimum absolute atomic E-state index is 0.315. The van der Waals surface area contributed by atoms with E-state index in [-0.39, 0.29) is 0 Å². The molecule has 2 heterocycles. The zero-order valence-corrected chi connectivity index (χ0v) is 15.0. The highest BCUT2D eigenvalue weighted by atomic mass is 32.2. The van der Waals surface area contributed by atoms with E-state index in [1.807, 2.05) is 0 Å². The van der Waals surface area contributed by atoms with Gasteiger partial charge in [0.1, 0.15) is 0 Å². The largest absolute Gasteiger partial charge is 0.303 e. The van der Waals surface area contributed by atoms with Crippen molar-refractivity contribution >= 4 is 10.0 Å². The van der Waals surface area contributed by atoms with Gasteiger partial charge in [-0.25, -0.2) is 12.7 Å². The molecule has 2 aliphatic rings. The van der Waals surface area contributed by atoms with Gasteiger partial charge in [0.25, 0.3) is 0 Å². The third-order valence-corrected chi connectivity index (χ3v) is 7.20. The molecule has 0 bridgehead atoms. The van der Waals surface area contributed by atoms with Crippen molar-refractivity contribution in [2.45, 2.75) is 51.9 Å². The van der Waals surface area contributed by atoms with Crippen molar-refractivity contribution in [3.8, 4) is 0 Å². The van der Waals surface area contributed by atoms with E-state index >= 15 is 0 Å². The Morgan fingerprint density at radius 3 is 2.27 bits per heavy atom. The molecule has 2 fully saturated rings. The first-order valence-corrected chi connectivity index (χ1v) is 10.7. The van der Waals surface area contributed by atoms with Crippen molar-refractivity contribution in [3.63, 3.8) is 0 Å². The Morgan fingerprint density at radius 2 is 1.68 bits per heavy atom. The molecule has 0 spiro atoms. The summed E-state index contributed by atoms with van der Waals surface area (Å²) in [7, 11) is -3.04. The van der Waals surface area contributed by atoms with Crippen LogP contribution in [0, 0.1) is 18.8 Å². The molecule has 0 N–H and O–H groups in total. The molecule has 2 aliphatic heterocycles. The minimum atomic E-state index is -3.04. The SMILES string of the molecule is [CH2]C1CCN(CCCS(=O)(=O)N2CCC(CCC)CC2)CC1. The molecule has 1 radical (unpaired) electrons. The molecule has 0 unspecified atom stereocenters. The average molecular weight is 330 g/mol.